The molecular weight excluding hydrogens is 288 g/mol. The van der Waals surface area contributed by atoms with Crippen LogP contribution in [0.2, 0.25) is 0 Å². The largest absolute Gasteiger partial charge is 0.385 e. The van der Waals surface area contributed by atoms with Crippen molar-refractivity contribution in [1.82, 2.24) is 0 Å². The molecular formula is C20H20O3. The first-order chi connectivity index (χ1) is 11.1. The molecule has 118 valence electrons. The Morgan fingerprint density at radius 1 is 0.783 bits per heavy atom. The predicted molar refractivity (Wildman–Crippen MR) is 88.5 cm³/mol. The van der Waals surface area contributed by atoms with Gasteiger partial charge in [-0.2, -0.15) is 0 Å². The van der Waals surface area contributed by atoms with Crippen LogP contribution in [0.4, 0.5) is 0 Å². The van der Waals surface area contributed by atoms with Gasteiger partial charge in [-0.15, -0.1) is 0 Å². The summed E-state index contributed by atoms with van der Waals surface area (Å²) in [5, 5.41) is 11.0. The van der Waals surface area contributed by atoms with Crippen LogP contribution in [-0.2, 0) is 5.60 Å². The van der Waals surface area contributed by atoms with Crippen molar-refractivity contribution in [3.05, 3.63) is 71.3 Å². The second-order valence-electron chi connectivity index (χ2n) is 6.16. The Labute approximate surface area is 136 Å². The van der Waals surface area contributed by atoms with Crippen LogP contribution in [0, 0.1) is 0 Å². The quantitative estimate of drug-likeness (QED) is 0.688. The smallest absolute Gasteiger partial charge is 0.233 e. The van der Waals surface area contributed by atoms with E-state index in [1.54, 1.807) is 48.5 Å². The minimum absolute atomic E-state index is 0.325. The van der Waals surface area contributed by atoms with Gasteiger partial charge in [-0.25, -0.2) is 0 Å². The van der Waals surface area contributed by atoms with E-state index in [1.807, 2.05) is 6.07 Å². The van der Waals surface area contributed by atoms with E-state index in [0.29, 0.717) is 29.5 Å². The van der Waals surface area contributed by atoms with Crippen molar-refractivity contribution < 1.29 is 14.7 Å². The lowest BCUT2D eigenvalue weighted by Gasteiger charge is -2.33. The third-order valence-electron chi connectivity index (χ3n) is 4.60. The molecule has 1 N–H and O–H groups in total. The summed E-state index contributed by atoms with van der Waals surface area (Å²) in [6, 6.07) is 15.5. The second-order valence-corrected chi connectivity index (χ2v) is 6.16. The number of hydrogen-bond acceptors (Lipinski definition) is 3. The first kappa shape index (κ1) is 15.6. The molecule has 0 aliphatic heterocycles. The molecule has 0 bridgehead atoms. The van der Waals surface area contributed by atoms with E-state index in [9.17, 15) is 14.7 Å². The normalized spacial score (nSPS) is 16.7. The number of ketones is 2. The summed E-state index contributed by atoms with van der Waals surface area (Å²) in [5.74, 6) is -1.08. The fourth-order valence-electron chi connectivity index (χ4n) is 3.34. The third kappa shape index (κ3) is 3.10. The van der Waals surface area contributed by atoms with Crippen LogP contribution in [0.1, 0.15) is 58.4 Å². The number of aliphatic hydroxyl groups is 1. The molecule has 0 spiro atoms. The fourth-order valence-corrected chi connectivity index (χ4v) is 3.34. The van der Waals surface area contributed by atoms with Crippen LogP contribution >= 0.6 is 0 Å². The molecule has 1 aliphatic carbocycles. The summed E-state index contributed by atoms with van der Waals surface area (Å²) in [7, 11) is 0. The monoisotopic (exact) mass is 308 g/mol. The maximum atomic E-state index is 12.7. The highest BCUT2D eigenvalue weighted by molar-refractivity contribution is 6.49. The molecule has 0 radical (unpaired) electrons. The molecule has 0 aromatic heterocycles. The van der Waals surface area contributed by atoms with Gasteiger partial charge in [0.15, 0.2) is 0 Å². The van der Waals surface area contributed by atoms with E-state index in [1.165, 1.54) is 0 Å². The molecule has 0 saturated heterocycles. The summed E-state index contributed by atoms with van der Waals surface area (Å²) in [4.78, 5) is 25.1. The Morgan fingerprint density at radius 2 is 1.39 bits per heavy atom. The van der Waals surface area contributed by atoms with Gasteiger partial charge in [-0.05, 0) is 18.4 Å². The number of rotatable bonds is 4. The Balaban J connectivity index is 1.97. The third-order valence-corrected chi connectivity index (χ3v) is 4.60. The zero-order chi connectivity index (χ0) is 16.3. The van der Waals surface area contributed by atoms with Crippen molar-refractivity contribution in [2.75, 3.05) is 0 Å². The molecule has 0 amide bonds. The lowest BCUT2D eigenvalue weighted by Crippen LogP contribution is -2.31. The van der Waals surface area contributed by atoms with Crippen molar-refractivity contribution in [2.45, 2.75) is 37.7 Å². The molecule has 0 heterocycles. The van der Waals surface area contributed by atoms with Crippen LogP contribution in [0.25, 0.3) is 0 Å². The van der Waals surface area contributed by atoms with Crippen molar-refractivity contribution in [3.63, 3.8) is 0 Å². The van der Waals surface area contributed by atoms with Gasteiger partial charge in [0.2, 0.25) is 11.6 Å². The second kappa shape index (κ2) is 6.47. The van der Waals surface area contributed by atoms with Gasteiger partial charge < -0.3 is 5.11 Å². The van der Waals surface area contributed by atoms with E-state index in [0.717, 1.165) is 19.3 Å². The van der Waals surface area contributed by atoms with E-state index >= 15 is 0 Å². The molecule has 2 aromatic rings. The van der Waals surface area contributed by atoms with Crippen molar-refractivity contribution in [2.24, 2.45) is 0 Å². The number of Topliss-reactive ketones (excluding diaryl/α,β-unsaturated/α-hetero) is 2. The van der Waals surface area contributed by atoms with Crippen LogP contribution in [-0.4, -0.2) is 16.7 Å². The molecule has 2 aromatic carbocycles. The zero-order valence-corrected chi connectivity index (χ0v) is 13.0. The Morgan fingerprint density at radius 3 is 2.09 bits per heavy atom. The van der Waals surface area contributed by atoms with Gasteiger partial charge in [0, 0.05) is 11.1 Å². The molecule has 23 heavy (non-hydrogen) atoms. The summed E-state index contributed by atoms with van der Waals surface area (Å²) in [5.41, 5.74) is 0.296. The average Bonchev–Trinajstić information content (AvgIpc) is 2.62. The average molecular weight is 308 g/mol. The number of carbonyl (C=O) groups excluding carboxylic acids is 2. The van der Waals surface area contributed by atoms with E-state index in [-0.39, 0.29) is 0 Å². The van der Waals surface area contributed by atoms with Crippen molar-refractivity contribution in [1.29, 1.82) is 0 Å². The maximum Gasteiger partial charge on any atom is 0.233 e. The summed E-state index contributed by atoms with van der Waals surface area (Å²) < 4.78 is 0. The predicted octanol–water partition coefficient (Wildman–Crippen LogP) is 3.90. The summed E-state index contributed by atoms with van der Waals surface area (Å²) in [6.45, 7) is 0. The highest BCUT2D eigenvalue weighted by Crippen LogP contribution is 2.38. The standard InChI is InChI=1S/C20H20O3/c21-18(15-9-3-1-4-10-15)19(22)16-11-5-6-12-17(16)20(23)13-7-2-8-14-20/h1,3-6,9-12,23H,2,7-8,13-14H2. The minimum Gasteiger partial charge on any atom is -0.385 e. The first-order valence-corrected chi connectivity index (χ1v) is 8.08. The highest BCUT2D eigenvalue weighted by atomic mass is 16.3. The first-order valence-electron chi connectivity index (χ1n) is 8.08. The fraction of sp³-hybridized carbons (Fsp3) is 0.300. The van der Waals surface area contributed by atoms with Crippen LogP contribution in [0.5, 0.6) is 0 Å². The molecule has 0 atom stereocenters. The Kier molecular flexibility index (Phi) is 4.39. The van der Waals surface area contributed by atoms with Crippen molar-refractivity contribution in [3.8, 4) is 0 Å². The Bertz CT molecular complexity index is 713. The van der Waals surface area contributed by atoms with Gasteiger partial charge in [-0.3, -0.25) is 9.59 Å². The molecule has 1 fully saturated rings. The molecule has 0 unspecified atom stereocenters. The molecule has 3 nitrogen and oxygen atoms in total. The van der Waals surface area contributed by atoms with E-state index in [4.69, 9.17) is 0 Å². The topological polar surface area (TPSA) is 54.4 Å². The number of benzene rings is 2. The lowest BCUT2D eigenvalue weighted by molar-refractivity contribution is -0.00128. The summed E-state index contributed by atoms with van der Waals surface area (Å²) in [6.07, 6.45) is 4.24. The SMILES string of the molecule is O=C(C(=O)c1ccccc1C1(O)CCCCC1)c1ccccc1. The highest BCUT2D eigenvalue weighted by Gasteiger charge is 2.35. The minimum atomic E-state index is -0.999. The molecule has 1 saturated carbocycles. The lowest BCUT2D eigenvalue weighted by atomic mass is 9.77. The van der Waals surface area contributed by atoms with Gasteiger partial charge in [0.1, 0.15) is 0 Å². The van der Waals surface area contributed by atoms with Crippen LogP contribution in [0.15, 0.2) is 54.6 Å². The number of carbonyl (C=O) groups is 2. The maximum absolute atomic E-state index is 12.7. The zero-order valence-electron chi connectivity index (χ0n) is 13.0. The number of hydrogen-bond donors (Lipinski definition) is 1. The van der Waals surface area contributed by atoms with E-state index < -0.39 is 17.2 Å². The molecule has 1 aliphatic rings. The van der Waals surface area contributed by atoms with Crippen molar-refractivity contribution >= 4 is 11.6 Å². The molecule has 3 rings (SSSR count). The van der Waals surface area contributed by atoms with Crippen LogP contribution in [0.3, 0.4) is 0 Å². The van der Waals surface area contributed by atoms with Gasteiger partial charge in [0.05, 0.1) is 5.60 Å². The Hall–Kier alpha value is -2.26. The van der Waals surface area contributed by atoms with Gasteiger partial charge in [0.25, 0.3) is 0 Å². The van der Waals surface area contributed by atoms with Crippen LogP contribution < -0.4 is 0 Å². The molecule has 3 heteroatoms. The van der Waals surface area contributed by atoms with E-state index in [2.05, 4.69) is 0 Å². The summed E-state index contributed by atoms with van der Waals surface area (Å²) >= 11 is 0. The van der Waals surface area contributed by atoms with Gasteiger partial charge >= 0.3 is 0 Å². The van der Waals surface area contributed by atoms with Gasteiger partial charge in [-0.1, -0.05) is 73.9 Å².